The lowest BCUT2D eigenvalue weighted by Gasteiger charge is -2.31. The minimum Gasteiger partial charge on any atom is -0.392 e. The molecule has 0 unspecified atom stereocenters. The maximum Gasteiger partial charge on any atom is 0.335 e. The maximum atomic E-state index is 12.2. The normalized spacial score (nSPS) is 12.3. The third kappa shape index (κ3) is 7.59. The van der Waals surface area contributed by atoms with Gasteiger partial charge in [-0.25, -0.2) is 4.79 Å². The van der Waals surface area contributed by atoms with E-state index in [0.29, 0.717) is 13.1 Å². The Balaban J connectivity index is 2.42. The molecule has 0 fully saturated rings. The molecule has 0 aliphatic rings. The maximum absolute atomic E-state index is 12.2. The largest absolute Gasteiger partial charge is 0.392 e. The van der Waals surface area contributed by atoms with Crippen LogP contribution in [0, 0.1) is 0 Å². The SMILES string of the molecule is CCn1c(=O)ccn(CCCCCC[Si](C)(OC(C)C)OC(C)C)c1=O. The fraction of sp³-hybridized carbons (Fsp3) is 0.789. The van der Waals surface area contributed by atoms with Crippen LogP contribution in [0.3, 0.4) is 0 Å². The lowest BCUT2D eigenvalue weighted by molar-refractivity contribution is 0.109. The molecule has 0 aliphatic carbocycles. The van der Waals surface area contributed by atoms with Crippen LogP contribution in [0.15, 0.2) is 21.9 Å². The highest BCUT2D eigenvalue weighted by molar-refractivity contribution is 6.66. The first-order valence-corrected chi connectivity index (χ1v) is 12.4. The fourth-order valence-corrected chi connectivity index (χ4v) is 6.42. The molecule has 0 saturated heterocycles. The Morgan fingerprint density at radius 1 is 1.00 bits per heavy atom. The molecule has 1 heterocycles. The zero-order valence-electron chi connectivity index (χ0n) is 17.3. The fourth-order valence-electron chi connectivity index (χ4n) is 3.24. The van der Waals surface area contributed by atoms with Crippen LogP contribution in [-0.2, 0) is 21.9 Å². The van der Waals surface area contributed by atoms with Crippen molar-refractivity contribution in [3.63, 3.8) is 0 Å². The van der Waals surface area contributed by atoms with Crippen molar-refractivity contribution in [1.82, 2.24) is 9.13 Å². The van der Waals surface area contributed by atoms with Gasteiger partial charge in [-0.1, -0.05) is 19.3 Å². The summed E-state index contributed by atoms with van der Waals surface area (Å²) in [5.41, 5.74) is -0.441. The second-order valence-corrected chi connectivity index (χ2v) is 10.7. The van der Waals surface area contributed by atoms with Crippen LogP contribution < -0.4 is 11.2 Å². The van der Waals surface area contributed by atoms with Crippen molar-refractivity contribution in [3.05, 3.63) is 33.1 Å². The highest BCUT2D eigenvalue weighted by Gasteiger charge is 2.33. The summed E-state index contributed by atoms with van der Waals surface area (Å²) in [4.78, 5) is 23.8. The van der Waals surface area contributed by atoms with Crippen molar-refractivity contribution < 1.29 is 8.85 Å². The summed E-state index contributed by atoms with van der Waals surface area (Å²) >= 11 is 0. The monoisotopic (exact) mass is 384 g/mol. The summed E-state index contributed by atoms with van der Waals surface area (Å²) in [5, 5.41) is 0. The highest BCUT2D eigenvalue weighted by Crippen LogP contribution is 2.21. The standard InChI is InChI=1S/C19H36N2O4Si/c1-7-21-18(22)12-14-20(19(21)23)13-10-8-9-11-15-26(6,24-16(2)3)25-17(4)5/h12,14,16-17H,7-11,13,15H2,1-6H3. The number of hydrogen-bond acceptors (Lipinski definition) is 4. The van der Waals surface area contributed by atoms with E-state index in [-0.39, 0.29) is 23.5 Å². The van der Waals surface area contributed by atoms with E-state index in [0.717, 1.165) is 31.7 Å². The first kappa shape index (κ1) is 22.9. The van der Waals surface area contributed by atoms with Gasteiger partial charge < -0.3 is 13.4 Å². The first-order valence-electron chi connectivity index (χ1n) is 9.84. The van der Waals surface area contributed by atoms with Crippen molar-refractivity contribution in [2.24, 2.45) is 0 Å². The minimum atomic E-state index is -2.12. The molecular weight excluding hydrogens is 348 g/mol. The molecule has 0 aromatic carbocycles. The summed E-state index contributed by atoms with van der Waals surface area (Å²) in [6.45, 7) is 13.3. The van der Waals surface area contributed by atoms with Crippen LogP contribution in [0.1, 0.15) is 60.3 Å². The van der Waals surface area contributed by atoms with E-state index in [1.807, 2.05) is 6.92 Å². The summed E-state index contributed by atoms with van der Waals surface area (Å²) in [6, 6.07) is 2.46. The van der Waals surface area contributed by atoms with Crippen LogP contribution in [0.4, 0.5) is 0 Å². The van der Waals surface area contributed by atoms with Gasteiger partial charge in [-0.3, -0.25) is 9.36 Å². The predicted octanol–water partition coefficient (Wildman–Crippen LogP) is 3.51. The average Bonchev–Trinajstić information content (AvgIpc) is 2.51. The first-order chi connectivity index (χ1) is 12.2. The number of aryl methyl sites for hydroxylation is 1. The van der Waals surface area contributed by atoms with Gasteiger partial charge in [-0.05, 0) is 53.6 Å². The molecule has 1 aromatic heterocycles. The molecule has 0 atom stereocenters. The lowest BCUT2D eigenvalue weighted by atomic mass is 10.2. The Bertz CT molecular complexity index is 642. The molecule has 0 spiro atoms. The number of rotatable bonds is 12. The van der Waals surface area contributed by atoms with Crippen molar-refractivity contribution in [2.45, 2.75) is 98.2 Å². The van der Waals surface area contributed by atoms with Gasteiger partial charge >= 0.3 is 14.3 Å². The molecule has 1 aromatic rings. The quantitative estimate of drug-likeness (QED) is 0.409. The van der Waals surface area contributed by atoms with Crippen LogP contribution >= 0.6 is 0 Å². The third-order valence-corrected chi connectivity index (χ3v) is 7.41. The number of nitrogens with zero attached hydrogens (tertiary/aromatic N) is 2. The summed E-state index contributed by atoms with van der Waals surface area (Å²) < 4.78 is 15.1. The molecule has 0 bridgehead atoms. The predicted molar refractivity (Wildman–Crippen MR) is 108 cm³/mol. The van der Waals surface area contributed by atoms with Crippen LogP contribution in [0.5, 0.6) is 0 Å². The smallest absolute Gasteiger partial charge is 0.335 e. The lowest BCUT2D eigenvalue weighted by Crippen LogP contribution is -2.42. The molecular formula is C19H36N2O4Si. The van der Waals surface area contributed by atoms with E-state index in [1.165, 1.54) is 10.6 Å². The Kier molecular flexibility index (Phi) is 9.53. The molecule has 26 heavy (non-hydrogen) atoms. The molecule has 1 rings (SSSR count). The zero-order valence-corrected chi connectivity index (χ0v) is 18.3. The Hall–Kier alpha value is -1.18. The number of hydrogen-bond donors (Lipinski definition) is 0. The molecule has 7 heteroatoms. The van der Waals surface area contributed by atoms with E-state index >= 15 is 0 Å². The van der Waals surface area contributed by atoms with Crippen molar-refractivity contribution in [1.29, 1.82) is 0 Å². The van der Waals surface area contributed by atoms with E-state index in [2.05, 4.69) is 34.2 Å². The molecule has 6 nitrogen and oxygen atoms in total. The van der Waals surface area contributed by atoms with Crippen molar-refractivity contribution in [3.8, 4) is 0 Å². The van der Waals surface area contributed by atoms with E-state index in [4.69, 9.17) is 8.85 Å². The molecule has 0 amide bonds. The van der Waals surface area contributed by atoms with Gasteiger partial charge in [-0.15, -0.1) is 0 Å². The molecule has 0 aliphatic heterocycles. The summed E-state index contributed by atoms with van der Waals surface area (Å²) in [6.07, 6.45) is 6.12. The highest BCUT2D eigenvalue weighted by atomic mass is 28.4. The van der Waals surface area contributed by atoms with E-state index in [9.17, 15) is 9.59 Å². The summed E-state index contributed by atoms with van der Waals surface area (Å²) in [7, 11) is -2.12. The second kappa shape index (κ2) is 10.8. The summed E-state index contributed by atoms with van der Waals surface area (Å²) in [5.74, 6) is 0. The Morgan fingerprint density at radius 3 is 2.12 bits per heavy atom. The van der Waals surface area contributed by atoms with E-state index < -0.39 is 8.56 Å². The van der Waals surface area contributed by atoms with Gasteiger partial charge in [0.15, 0.2) is 0 Å². The molecule has 150 valence electrons. The van der Waals surface area contributed by atoms with Crippen LogP contribution in [-0.4, -0.2) is 29.9 Å². The van der Waals surface area contributed by atoms with Crippen LogP contribution in [0.2, 0.25) is 12.6 Å². The number of unbranched alkanes of at least 4 members (excludes halogenated alkanes) is 3. The molecule has 0 saturated carbocycles. The number of aromatic nitrogens is 2. The van der Waals surface area contributed by atoms with Gasteiger partial charge in [0.05, 0.1) is 0 Å². The topological polar surface area (TPSA) is 62.5 Å². The van der Waals surface area contributed by atoms with Gasteiger partial charge in [0, 0.05) is 37.6 Å². The molecule has 0 N–H and O–H groups in total. The van der Waals surface area contributed by atoms with Gasteiger partial charge in [-0.2, -0.15) is 0 Å². The Morgan fingerprint density at radius 2 is 1.58 bits per heavy atom. The van der Waals surface area contributed by atoms with Gasteiger partial charge in [0.25, 0.3) is 5.56 Å². The van der Waals surface area contributed by atoms with Gasteiger partial charge in [0.2, 0.25) is 0 Å². The second-order valence-electron chi connectivity index (χ2n) is 7.51. The minimum absolute atomic E-state index is 0.187. The Labute approximate surface area is 158 Å². The third-order valence-electron chi connectivity index (χ3n) is 4.21. The molecule has 0 radical (unpaired) electrons. The van der Waals surface area contributed by atoms with Crippen molar-refractivity contribution in [2.75, 3.05) is 0 Å². The zero-order chi connectivity index (χ0) is 19.7. The van der Waals surface area contributed by atoms with Crippen molar-refractivity contribution >= 4 is 8.56 Å². The van der Waals surface area contributed by atoms with Crippen LogP contribution in [0.25, 0.3) is 0 Å². The van der Waals surface area contributed by atoms with E-state index in [1.54, 1.807) is 10.8 Å². The van der Waals surface area contributed by atoms with Gasteiger partial charge in [0.1, 0.15) is 0 Å². The average molecular weight is 385 g/mol.